The first-order valence-corrected chi connectivity index (χ1v) is 22.5. The molecule has 23 heteroatoms. The summed E-state index contributed by atoms with van der Waals surface area (Å²) in [6, 6.07) is -1.46. The number of aliphatic hydroxyl groups excluding tert-OH is 1. The van der Waals surface area contributed by atoms with Gasteiger partial charge in [-0.3, -0.25) is 33.8 Å². The number of amides is 6. The zero-order chi connectivity index (χ0) is 49.2. The molecule has 2 fully saturated rings. The summed E-state index contributed by atoms with van der Waals surface area (Å²) in [6.45, 7) is 3.89. The molecular formula is C44H65N11O12. The third kappa shape index (κ3) is 16.3. The van der Waals surface area contributed by atoms with Crippen molar-refractivity contribution >= 4 is 53.3 Å². The Balaban J connectivity index is 1.62. The van der Waals surface area contributed by atoms with E-state index < -0.39 is 108 Å². The molecule has 1 aliphatic heterocycles. The fraction of sp³-hybridized carbons (Fsp3) is 0.591. The van der Waals surface area contributed by atoms with Gasteiger partial charge in [0.15, 0.2) is 12.1 Å². The highest BCUT2D eigenvalue weighted by Gasteiger charge is 2.42. The van der Waals surface area contributed by atoms with Crippen molar-refractivity contribution in [2.24, 2.45) is 28.3 Å². The van der Waals surface area contributed by atoms with Crippen molar-refractivity contribution in [3.8, 4) is 5.75 Å². The van der Waals surface area contributed by atoms with Gasteiger partial charge >= 0.3 is 11.9 Å². The normalized spacial score (nSPS) is 17.7. The van der Waals surface area contributed by atoms with E-state index in [-0.39, 0.29) is 56.9 Å². The second kappa shape index (κ2) is 25.8. The fourth-order valence-corrected chi connectivity index (χ4v) is 8.12. The molecule has 2 aliphatic rings. The number of nitrogens with two attached hydrogens (primary N) is 2. The summed E-state index contributed by atoms with van der Waals surface area (Å²) in [6.07, 6.45) is 5.64. The fourth-order valence-electron chi connectivity index (χ4n) is 8.12. The van der Waals surface area contributed by atoms with Crippen molar-refractivity contribution in [2.45, 2.75) is 134 Å². The average Bonchev–Trinajstić information content (AvgIpc) is 4.01. The summed E-state index contributed by atoms with van der Waals surface area (Å²) >= 11 is 0. The molecule has 1 saturated heterocycles. The Hall–Kier alpha value is -6.78. The van der Waals surface area contributed by atoms with Crippen LogP contribution in [0.2, 0.25) is 0 Å². The van der Waals surface area contributed by atoms with Gasteiger partial charge in [-0.1, -0.05) is 45.2 Å². The van der Waals surface area contributed by atoms with Crippen molar-refractivity contribution < 1.29 is 58.4 Å². The lowest BCUT2D eigenvalue weighted by molar-refractivity contribution is -0.167. The number of benzene rings is 1. The number of phenols is 1. The van der Waals surface area contributed by atoms with Crippen molar-refractivity contribution in [3.63, 3.8) is 0 Å². The largest absolute Gasteiger partial charge is 0.508 e. The molecule has 2 aromatic rings. The predicted molar refractivity (Wildman–Crippen MR) is 240 cm³/mol. The van der Waals surface area contributed by atoms with Crippen molar-refractivity contribution in [1.82, 2.24) is 41.5 Å². The SMILES string of the molecule is CC(C)[C@H](NC(=O)[C@H](CCCN=C(N)N)NC(=O)CO)C(=O)N[C@@H](Cc1ccc(O)cc1)C(=O)N[C@H](C(=O)N[C@@H](Cc1cnc[nH]1)C(=O)N1CCC[C@H]1C(=O)O[C@@H](C)C(=O)O)C1CCCCC1. The molecule has 67 heavy (non-hydrogen) atoms. The van der Waals surface area contributed by atoms with Crippen LogP contribution >= 0.6 is 0 Å². The van der Waals surface area contributed by atoms with E-state index >= 15 is 0 Å². The third-order valence-corrected chi connectivity index (χ3v) is 11.7. The Morgan fingerprint density at radius 2 is 1.51 bits per heavy atom. The number of carbonyl (C=O) groups is 8. The number of aliphatic hydroxyl groups is 1. The van der Waals surface area contributed by atoms with Crippen LogP contribution in [0.3, 0.4) is 0 Å². The number of hydrogen-bond acceptors (Lipinski definition) is 13. The lowest BCUT2D eigenvalue weighted by Crippen LogP contribution is -2.62. The van der Waals surface area contributed by atoms with E-state index in [4.69, 9.17) is 16.2 Å². The molecule has 0 spiro atoms. The topological polar surface area (TPSA) is 363 Å². The van der Waals surface area contributed by atoms with Gasteiger partial charge < -0.3 is 68.0 Å². The number of H-pyrrole nitrogens is 1. The van der Waals surface area contributed by atoms with Crippen molar-refractivity contribution in [3.05, 3.63) is 48.0 Å². The van der Waals surface area contributed by atoms with Crippen LogP contribution in [0.5, 0.6) is 5.75 Å². The summed E-state index contributed by atoms with van der Waals surface area (Å²) in [5.41, 5.74) is 11.8. The van der Waals surface area contributed by atoms with Crippen LogP contribution in [-0.2, 0) is 55.9 Å². The van der Waals surface area contributed by atoms with Gasteiger partial charge in [0, 0.05) is 37.8 Å². The van der Waals surface area contributed by atoms with Crippen LogP contribution in [0.15, 0.2) is 41.8 Å². The number of aliphatic imine (C=N–C) groups is 1. The molecule has 0 unspecified atom stereocenters. The molecule has 6 amide bonds. The number of guanidine groups is 1. The lowest BCUT2D eigenvalue weighted by Gasteiger charge is -2.34. The number of carboxylic acid groups (broad SMARTS) is 1. The minimum Gasteiger partial charge on any atom is -0.508 e. The number of nitrogens with zero attached hydrogens (tertiary/aromatic N) is 3. The number of imidazole rings is 1. The van der Waals surface area contributed by atoms with Gasteiger partial charge in [-0.05, 0) is 75.0 Å². The van der Waals surface area contributed by atoms with E-state index in [1.807, 2.05) is 0 Å². The quantitative estimate of drug-likeness (QED) is 0.0250. The predicted octanol–water partition coefficient (Wildman–Crippen LogP) is -1.39. The Labute approximate surface area is 388 Å². The first-order chi connectivity index (χ1) is 31.9. The second-order valence-corrected chi connectivity index (χ2v) is 17.2. The molecule has 1 aromatic carbocycles. The summed E-state index contributed by atoms with van der Waals surface area (Å²) < 4.78 is 5.12. The molecule has 13 N–H and O–H groups in total. The molecular weight excluding hydrogens is 875 g/mol. The maximum atomic E-state index is 14.6. The third-order valence-electron chi connectivity index (χ3n) is 11.7. The van der Waals surface area contributed by atoms with Gasteiger partial charge in [-0.2, -0.15) is 0 Å². The Kier molecular flexibility index (Phi) is 20.3. The number of carbonyl (C=O) groups excluding carboxylic acids is 7. The number of aromatic amines is 1. The number of rotatable bonds is 24. The van der Waals surface area contributed by atoms with E-state index in [1.165, 1.54) is 36.5 Å². The average molecular weight is 940 g/mol. The van der Waals surface area contributed by atoms with E-state index in [0.29, 0.717) is 30.5 Å². The number of aromatic hydroxyl groups is 1. The number of carboxylic acids is 1. The Bertz CT molecular complexity index is 2040. The van der Waals surface area contributed by atoms with E-state index in [0.717, 1.165) is 19.3 Å². The zero-order valence-electron chi connectivity index (χ0n) is 38.1. The number of likely N-dealkylation sites (tertiary alicyclic amines) is 1. The monoisotopic (exact) mass is 939 g/mol. The summed E-state index contributed by atoms with van der Waals surface area (Å²) in [5.74, 6) is -7.86. The van der Waals surface area contributed by atoms with E-state index in [9.17, 15) is 53.7 Å². The number of aromatic nitrogens is 2. The van der Waals surface area contributed by atoms with Crippen LogP contribution in [-0.4, -0.2) is 146 Å². The smallest absolute Gasteiger partial charge is 0.344 e. The van der Waals surface area contributed by atoms with Gasteiger partial charge in [-0.15, -0.1) is 0 Å². The minimum absolute atomic E-state index is 0.0438. The molecule has 1 aromatic heterocycles. The molecule has 368 valence electrons. The minimum atomic E-state index is -1.46. The molecule has 2 heterocycles. The number of esters is 1. The van der Waals surface area contributed by atoms with Crippen LogP contribution in [0.4, 0.5) is 0 Å². The molecule has 4 rings (SSSR count). The molecule has 23 nitrogen and oxygen atoms in total. The number of ether oxygens (including phenoxy) is 1. The van der Waals surface area contributed by atoms with Gasteiger partial charge in [0.1, 0.15) is 48.6 Å². The second-order valence-electron chi connectivity index (χ2n) is 17.2. The van der Waals surface area contributed by atoms with Crippen LogP contribution in [0, 0.1) is 11.8 Å². The van der Waals surface area contributed by atoms with Crippen LogP contribution < -0.4 is 38.1 Å². The highest BCUT2D eigenvalue weighted by molar-refractivity contribution is 5.97. The molecule has 1 aliphatic carbocycles. The number of aliphatic carboxylic acids is 1. The van der Waals surface area contributed by atoms with Crippen molar-refractivity contribution in [1.29, 1.82) is 0 Å². The summed E-state index contributed by atoms with van der Waals surface area (Å²) in [4.78, 5) is 120. The van der Waals surface area contributed by atoms with Gasteiger partial charge in [0.2, 0.25) is 35.4 Å². The number of hydrogen-bond donors (Lipinski definition) is 11. The van der Waals surface area contributed by atoms with E-state index in [2.05, 4.69) is 41.5 Å². The first kappa shape index (κ1) is 52.8. The molecule has 1 saturated carbocycles. The van der Waals surface area contributed by atoms with Crippen LogP contribution in [0.25, 0.3) is 0 Å². The zero-order valence-corrected chi connectivity index (χ0v) is 38.1. The highest BCUT2D eigenvalue weighted by Crippen LogP contribution is 2.28. The maximum Gasteiger partial charge on any atom is 0.344 e. The summed E-state index contributed by atoms with van der Waals surface area (Å²) in [7, 11) is 0. The first-order valence-electron chi connectivity index (χ1n) is 22.5. The number of phenolic OH excluding ortho intramolecular Hbond substituents is 1. The van der Waals surface area contributed by atoms with Gasteiger partial charge in [-0.25, -0.2) is 14.6 Å². The standard InChI is InChI=1S/C44H65N11O12/c1-24(2)35(53-37(59)30(50-34(58)22-56)11-7-17-48-44(45)46)39(61)51-31(19-26-13-15-29(57)16-14-26)38(60)54-36(27-9-5-4-6-10-27)40(62)52-32(20-28-21-47-23-49-28)41(63)55-18-8-12-33(55)43(66)67-25(3)42(64)65/h13-16,21,23-25,27,30-33,35-36,56-57H,4-12,17-20,22H2,1-3H3,(H,47,49)(H,50,58)(H,51,61)(H,52,62)(H,53,59)(H,54,60)(H,64,65)(H4,45,46,48)/t25-,30-,31-,32-,33-,35-,36-/m0/s1. The van der Waals surface area contributed by atoms with Gasteiger partial charge in [0.05, 0.1) is 6.33 Å². The van der Waals surface area contributed by atoms with Crippen molar-refractivity contribution in [2.75, 3.05) is 19.7 Å². The number of nitrogens with one attached hydrogen (secondary N) is 6. The molecule has 7 atom stereocenters. The molecule has 0 radical (unpaired) electrons. The molecule has 0 bridgehead atoms. The Morgan fingerprint density at radius 3 is 2.12 bits per heavy atom. The van der Waals surface area contributed by atoms with Gasteiger partial charge in [0.25, 0.3) is 0 Å². The van der Waals surface area contributed by atoms with Crippen LogP contribution in [0.1, 0.15) is 89.8 Å². The van der Waals surface area contributed by atoms with E-state index in [1.54, 1.807) is 26.0 Å². The lowest BCUT2D eigenvalue weighted by atomic mass is 9.83. The highest BCUT2D eigenvalue weighted by atomic mass is 16.6. The maximum absolute atomic E-state index is 14.6. The Morgan fingerprint density at radius 1 is 0.836 bits per heavy atom. The summed E-state index contributed by atoms with van der Waals surface area (Å²) in [5, 5.41) is 42.2.